The minimum atomic E-state index is -1.43. The number of H-pyrrole nitrogens is 1. The molecule has 0 saturated heterocycles. The number of rotatable bonds is 4. The van der Waals surface area contributed by atoms with E-state index in [0.717, 1.165) is 5.56 Å². The SMILES string of the molecule is CC(NC(=O)C(C)(C)C(=O)O)c1cn[nH]c1. The fourth-order valence-corrected chi connectivity index (χ4v) is 1.06. The van der Waals surface area contributed by atoms with Gasteiger partial charge in [0.25, 0.3) is 0 Å². The van der Waals surface area contributed by atoms with Crippen molar-refractivity contribution in [1.82, 2.24) is 15.5 Å². The van der Waals surface area contributed by atoms with Crippen LogP contribution in [-0.2, 0) is 9.59 Å². The van der Waals surface area contributed by atoms with E-state index in [2.05, 4.69) is 15.5 Å². The van der Waals surface area contributed by atoms with E-state index < -0.39 is 17.3 Å². The highest BCUT2D eigenvalue weighted by Crippen LogP contribution is 2.18. The van der Waals surface area contributed by atoms with Gasteiger partial charge in [-0.1, -0.05) is 0 Å². The molecule has 6 heteroatoms. The molecule has 3 N–H and O–H groups in total. The molecule has 1 rings (SSSR count). The Hall–Kier alpha value is -1.85. The number of amides is 1. The smallest absolute Gasteiger partial charge is 0.318 e. The predicted molar refractivity (Wildman–Crippen MR) is 56.6 cm³/mol. The molecule has 1 aromatic rings. The normalized spacial score (nSPS) is 13.2. The molecule has 0 aromatic carbocycles. The molecule has 1 atom stereocenters. The summed E-state index contributed by atoms with van der Waals surface area (Å²) in [7, 11) is 0. The molecule has 0 aliphatic carbocycles. The average molecular weight is 225 g/mol. The molecular formula is C10H15N3O3. The van der Waals surface area contributed by atoms with Crippen molar-refractivity contribution in [3.8, 4) is 0 Å². The summed E-state index contributed by atoms with van der Waals surface area (Å²) in [5, 5.41) is 17.9. The summed E-state index contributed by atoms with van der Waals surface area (Å²) in [6, 6.07) is -0.273. The van der Waals surface area contributed by atoms with Crippen LogP contribution in [0, 0.1) is 5.41 Å². The highest BCUT2D eigenvalue weighted by molar-refractivity contribution is 6.01. The van der Waals surface area contributed by atoms with E-state index in [-0.39, 0.29) is 6.04 Å². The summed E-state index contributed by atoms with van der Waals surface area (Å²) in [5.41, 5.74) is -0.632. The quantitative estimate of drug-likeness (QED) is 0.657. The lowest BCUT2D eigenvalue weighted by atomic mass is 9.92. The van der Waals surface area contributed by atoms with Crippen LogP contribution in [0.25, 0.3) is 0 Å². The van der Waals surface area contributed by atoms with E-state index in [4.69, 9.17) is 5.11 Å². The number of aliphatic carboxylic acids is 1. The van der Waals surface area contributed by atoms with Crippen LogP contribution in [0.4, 0.5) is 0 Å². The van der Waals surface area contributed by atoms with E-state index >= 15 is 0 Å². The van der Waals surface area contributed by atoms with Gasteiger partial charge in [-0.3, -0.25) is 14.7 Å². The van der Waals surface area contributed by atoms with Crippen molar-refractivity contribution in [3.05, 3.63) is 18.0 Å². The first-order valence-corrected chi connectivity index (χ1v) is 4.88. The van der Waals surface area contributed by atoms with Gasteiger partial charge in [0, 0.05) is 11.8 Å². The van der Waals surface area contributed by atoms with Crippen LogP contribution < -0.4 is 5.32 Å². The molecule has 1 amide bonds. The van der Waals surface area contributed by atoms with Gasteiger partial charge >= 0.3 is 5.97 Å². The Morgan fingerprint density at radius 1 is 1.56 bits per heavy atom. The van der Waals surface area contributed by atoms with Crippen molar-refractivity contribution < 1.29 is 14.7 Å². The zero-order valence-corrected chi connectivity index (χ0v) is 9.44. The van der Waals surface area contributed by atoms with Gasteiger partial charge in [-0.05, 0) is 20.8 Å². The van der Waals surface area contributed by atoms with Gasteiger partial charge in [0.05, 0.1) is 12.2 Å². The van der Waals surface area contributed by atoms with E-state index in [1.54, 1.807) is 19.3 Å². The lowest BCUT2D eigenvalue weighted by molar-refractivity contribution is -0.153. The van der Waals surface area contributed by atoms with Crippen LogP contribution >= 0.6 is 0 Å². The van der Waals surface area contributed by atoms with Gasteiger partial charge < -0.3 is 10.4 Å². The third-order valence-corrected chi connectivity index (χ3v) is 2.47. The van der Waals surface area contributed by atoms with E-state index in [0.29, 0.717) is 0 Å². The number of carboxylic acids is 1. The van der Waals surface area contributed by atoms with Crippen LogP contribution in [0.5, 0.6) is 0 Å². The van der Waals surface area contributed by atoms with Gasteiger partial charge in [-0.15, -0.1) is 0 Å². The molecule has 6 nitrogen and oxygen atoms in total. The van der Waals surface area contributed by atoms with Crippen LogP contribution in [0.2, 0.25) is 0 Å². The molecule has 0 bridgehead atoms. The lowest BCUT2D eigenvalue weighted by Gasteiger charge is -2.21. The second-order valence-electron chi connectivity index (χ2n) is 4.16. The number of aromatic amines is 1. The third kappa shape index (κ3) is 2.39. The Balaban J connectivity index is 2.69. The molecule has 0 aliphatic rings. The van der Waals surface area contributed by atoms with E-state index in [9.17, 15) is 9.59 Å². The molecule has 0 spiro atoms. The number of aromatic nitrogens is 2. The monoisotopic (exact) mass is 225 g/mol. The summed E-state index contributed by atoms with van der Waals surface area (Å²) >= 11 is 0. The van der Waals surface area contributed by atoms with Gasteiger partial charge in [0.2, 0.25) is 5.91 Å². The Kier molecular flexibility index (Phi) is 3.31. The Morgan fingerprint density at radius 3 is 2.62 bits per heavy atom. The largest absolute Gasteiger partial charge is 0.480 e. The molecule has 0 saturated carbocycles. The van der Waals surface area contributed by atoms with Gasteiger partial charge in [-0.25, -0.2) is 0 Å². The molecule has 1 aromatic heterocycles. The third-order valence-electron chi connectivity index (χ3n) is 2.47. The summed E-state index contributed by atoms with van der Waals surface area (Å²) in [6.45, 7) is 4.50. The number of hydrogen-bond acceptors (Lipinski definition) is 3. The Labute approximate surface area is 93.1 Å². The second kappa shape index (κ2) is 4.34. The molecule has 1 heterocycles. The average Bonchev–Trinajstić information content (AvgIpc) is 2.69. The minimum absolute atomic E-state index is 0.273. The molecule has 88 valence electrons. The maximum Gasteiger partial charge on any atom is 0.318 e. The van der Waals surface area contributed by atoms with Crippen LogP contribution in [-0.4, -0.2) is 27.2 Å². The summed E-state index contributed by atoms with van der Waals surface area (Å²) in [4.78, 5) is 22.5. The summed E-state index contributed by atoms with van der Waals surface area (Å²) in [6.07, 6.45) is 3.23. The van der Waals surface area contributed by atoms with Crippen LogP contribution in [0.1, 0.15) is 32.4 Å². The number of nitrogens with one attached hydrogen (secondary N) is 2. The lowest BCUT2D eigenvalue weighted by Crippen LogP contribution is -2.43. The number of carbonyl (C=O) groups excluding carboxylic acids is 1. The molecule has 0 fully saturated rings. The van der Waals surface area contributed by atoms with E-state index in [1.807, 2.05) is 0 Å². The minimum Gasteiger partial charge on any atom is -0.480 e. The molecule has 0 aliphatic heterocycles. The molecule has 0 radical (unpaired) electrons. The molecule has 1 unspecified atom stereocenters. The Morgan fingerprint density at radius 2 is 2.19 bits per heavy atom. The zero-order valence-electron chi connectivity index (χ0n) is 9.44. The maximum absolute atomic E-state index is 11.7. The van der Waals surface area contributed by atoms with Crippen molar-refractivity contribution in [3.63, 3.8) is 0 Å². The number of carbonyl (C=O) groups is 2. The first-order chi connectivity index (χ1) is 7.35. The molecular weight excluding hydrogens is 210 g/mol. The fourth-order valence-electron chi connectivity index (χ4n) is 1.06. The van der Waals surface area contributed by atoms with Crippen molar-refractivity contribution in [2.75, 3.05) is 0 Å². The fraction of sp³-hybridized carbons (Fsp3) is 0.500. The summed E-state index contributed by atoms with van der Waals surface area (Å²) < 4.78 is 0. The first kappa shape index (κ1) is 12.2. The zero-order chi connectivity index (χ0) is 12.3. The highest BCUT2D eigenvalue weighted by Gasteiger charge is 2.36. The van der Waals surface area contributed by atoms with Crippen molar-refractivity contribution in [2.24, 2.45) is 5.41 Å². The number of nitrogens with zero attached hydrogens (tertiary/aromatic N) is 1. The number of hydrogen-bond donors (Lipinski definition) is 3. The molecule has 16 heavy (non-hydrogen) atoms. The maximum atomic E-state index is 11.7. The second-order valence-corrected chi connectivity index (χ2v) is 4.16. The van der Waals surface area contributed by atoms with E-state index in [1.165, 1.54) is 13.8 Å². The Bertz CT molecular complexity index is 384. The topological polar surface area (TPSA) is 95.1 Å². The van der Waals surface area contributed by atoms with Crippen LogP contribution in [0.15, 0.2) is 12.4 Å². The van der Waals surface area contributed by atoms with Crippen LogP contribution in [0.3, 0.4) is 0 Å². The summed E-state index contributed by atoms with van der Waals surface area (Å²) in [5.74, 6) is -1.67. The standard InChI is InChI=1S/C10H15N3O3/c1-6(7-4-11-12-5-7)13-8(14)10(2,3)9(15)16/h4-6H,1-3H3,(H,11,12)(H,13,14)(H,15,16). The first-order valence-electron chi connectivity index (χ1n) is 4.88. The van der Waals surface area contributed by atoms with Crippen molar-refractivity contribution in [2.45, 2.75) is 26.8 Å². The number of carboxylic acid groups (broad SMARTS) is 1. The van der Waals surface area contributed by atoms with Gasteiger partial charge in [0.15, 0.2) is 0 Å². The van der Waals surface area contributed by atoms with Gasteiger partial charge in [-0.2, -0.15) is 5.10 Å². The predicted octanol–water partition coefficient (Wildman–Crippen LogP) is 0.698. The highest BCUT2D eigenvalue weighted by atomic mass is 16.4. The van der Waals surface area contributed by atoms with Gasteiger partial charge in [0.1, 0.15) is 5.41 Å². The van der Waals surface area contributed by atoms with Crippen molar-refractivity contribution >= 4 is 11.9 Å². The van der Waals surface area contributed by atoms with Crippen molar-refractivity contribution in [1.29, 1.82) is 0 Å².